The molecule has 0 saturated carbocycles. The van der Waals surface area contributed by atoms with Crippen LogP contribution in [-0.4, -0.2) is 31.5 Å². The lowest BCUT2D eigenvalue weighted by atomic mass is 10.1. The van der Waals surface area contributed by atoms with Crippen molar-refractivity contribution in [3.05, 3.63) is 27.8 Å². The topological polar surface area (TPSA) is 70.8 Å². The van der Waals surface area contributed by atoms with Gasteiger partial charge in [0.25, 0.3) is 5.69 Å². The monoisotopic (exact) mass is 329 g/mol. The minimum atomic E-state index is -0.437. The van der Waals surface area contributed by atoms with Crippen LogP contribution in [0, 0.1) is 10.1 Å². The summed E-state index contributed by atoms with van der Waals surface area (Å²) in [6.07, 6.45) is 4.25. The van der Waals surface area contributed by atoms with Crippen LogP contribution in [0.25, 0.3) is 0 Å². The summed E-state index contributed by atoms with van der Waals surface area (Å²) in [6, 6.07) is 2.96. The van der Waals surface area contributed by atoms with Crippen molar-refractivity contribution in [3.63, 3.8) is 0 Å². The molecular weight excluding hydrogens is 306 g/mol. The first-order valence-corrected chi connectivity index (χ1v) is 7.85. The van der Waals surface area contributed by atoms with Crippen molar-refractivity contribution in [1.29, 1.82) is 0 Å². The molecule has 0 amide bonds. The van der Waals surface area contributed by atoms with Crippen LogP contribution >= 0.6 is 12.6 Å². The molecule has 1 rings (SSSR count). The van der Waals surface area contributed by atoms with Crippen molar-refractivity contribution in [2.45, 2.75) is 32.3 Å². The zero-order valence-electron chi connectivity index (χ0n) is 13.0. The number of nitro benzene ring substituents is 1. The molecule has 0 heterocycles. The number of benzene rings is 1. The largest absolute Gasteiger partial charge is 0.493 e. The second-order valence-corrected chi connectivity index (χ2v) is 5.23. The normalized spacial score (nSPS) is 10.5. The summed E-state index contributed by atoms with van der Waals surface area (Å²) in [4.78, 5) is 10.7. The number of thiol groups is 1. The van der Waals surface area contributed by atoms with E-state index in [1.807, 2.05) is 0 Å². The third kappa shape index (κ3) is 5.73. The van der Waals surface area contributed by atoms with E-state index in [4.69, 9.17) is 14.2 Å². The second kappa shape index (κ2) is 10.3. The lowest BCUT2D eigenvalue weighted by molar-refractivity contribution is -0.386. The molecule has 1 aromatic rings. The fourth-order valence-electron chi connectivity index (χ4n) is 2.05. The summed E-state index contributed by atoms with van der Waals surface area (Å²) in [5.41, 5.74) is 0.464. The Morgan fingerprint density at radius 1 is 1.09 bits per heavy atom. The van der Waals surface area contributed by atoms with E-state index in [2.05, 4.69) is 12.6 Å². The van der Waals surface area contributed by atoms with Gasteiger partial charge in [0, 0.05) is 6.61 Å². The minimum absolute atomic E-state index is 0.0206. The maximum atomic E-state index is 11.1. The number of unbranched alkanes of at least 4 members (excludes halogenated alkanes) is 3. The highest BCUT2D eigenvalue weighted by Gasteiger charge is 2.19. The number of ether oxygens (including phenoxy) is 3. The third-order valence-corrected chi connectivity index (χ3v) is 3.55. The standard InChI is InChI=1S/C15H23NO5S/c1-19-14-9-12(11-21-7-5-3-4-6-8-22)13(16(17)18)10-15(14)20-2/h9-10,22H,3-8,11H2,1-2H3. The minimum Gasteiger partial charge on any atom is -0.493 e. The van der Waals surface area contributed by atoms with Gasteiger partial charge in [0.1, 0.15) is 0 Å². The van der Waals surface area contributed by atoms with Gasteiger partial charge in [-0.25, -0.2) is 0 Å². The van der Waals surface area contributed by atoms with E-state index < -0.39 is 4.92 Å². The van der Waals surface area contributed by atoms with Crippen molar-refractivity contribution in [2.24, 2.45) is 0 Å². The van der Waals surface area contributed by atoms with Gasteiger partial charge in [0.2, 0.25) is 0 Å². The Morgan fingerprint density at radius 2 is 1.73 bits per heavy atom. The molecule has 0 aliphatic rings. The number of nitrogens with zero attached hydrogens (tertiary/aromatic N) is 1. The summed E-state index contributed by atoms with van der Waals surface area (Å²) < 4.78 is 15.8. The van der Waals surface area contributed by atoms with Gasteiger partial charge in [-0.2, -0.15) is 12.6 Å². The Labute approximate surface area is 136 Å². The molecule has 0 aliphatic heterocycles. The van der Waals surface area contributed by atoms with Crippen molar-refractivity contribution in [2.75, 3.05) is 26.6 Å². The predicted octanol–water partition coefficient (Wildman–Crippen LogP) is 3.62. The molecule has 0 aliphatic carbocycles. The quantitative estimate of drug-likeness (QED) is 0.290. The van der Waals surface area contributed by atoms with E-state index in [9.17, 15) is 10.1 Å². The lowest BCUT2D eigenvalue weighted by Gasteiger charge is -2.11. The van der Waals surface area contributed by atoms with Crippen LogP contribution in [0.3, 0.4) is 0 Å². The van der Waals surface area contributed by atoms with Crippen LogP contribution in [0.15, 0.2) is 12.1 Å². The first kappa shape index (κ1) is 18.6. The van der Waals surface area contributed by atoms with Gasteiger partial charge < -0.3 is 14.2 Å². The molecule has 0 aromatic heterocycles. The molecule has 7 heteroatoms. The summed E-state index contributed by atoms with van der Waals surface area (Å²) in [6.45, 7) is 0.765. The first-order valence-electron chi connectivity index (χ1n) is 7.22. The Balaban J connectivity index is 2.62. The summed E-state index contributed by atoms with van der Waals surface area (Å²) in [5.74, 6) is 1.70. The summed E-state index contributed by atoms with van der Waals surface area (Å²) in [5, 5.41) is 11.1. The number of nitro groups is 1. The molecule has 22 heavy (non-hydrogen) atoms. The Hall–Kier alpha value is -1.47. The van der Waals surface area contributed by atoms with E-state index in [1.165, 1.54) is 20.3 Å². The predicted molar refractivity (Wildman–Crippen MR) is 88.2 cm³/mol. The molecule has 0 saturated heterocycles. The van der Waals surface area contributed by atoms with Crippen LogP contribution in [0.1, 0.15) is 31.2 Å². The lowest BCUT2D eigenvalue weighted by Crippen LogP contribution is -2.02. The van der Waals surface area contributed by atoms with Gasteiger partial charge >= 0.3 is 0 Å². The Morgan fingerprint density at radius 3 is 2.32 bits per heavy atom. The average molecular weight is 329 g/mol. The van der Waals surface area contributed by atoms with E-state index in [-0.39, 0.29) is 12.3 Å². The highest BCUT2D eigenvalue weighted by molar-refractivity contribution is 7.80. The van der Waals surface area contributed by atoms with Gasteiger partial charge in [-0.15, -0.1) is 0 Å². The average Bonchev–Trinajstić information content (AvgIpc) is 2.53. The van der Waals surface area contributed by atoms with Gasteiger partial charge in [-0.3, -0.25) is 10.1 Å². The second-order valence-electron chi connectivity index (χ2n) is 4.78. The van der Waals surface area contributed by atoms with Gasteiger partial charge in [0.15, 0.2) is 11.5 Å². The zero-order valence-corrected chi connectivity index (χ0v) is 13.9. The van der Waals surface area contributed by atoms with Crippen LogP contribution in [0.2, 0.25) is 0 Å². The van der Waals surface area contributed by atoms with E-state index in [1.54, 1.807) is 6.07 Å². The molecule has 0 bridgehead atoms. The number of hydrogen-bond donors (Lipinski definition) is 1. The zero-order chi connectivity index (χ0) is 16.4. The van der Waals surface area contributed by atoms with Crippen molar-refractivity contribution in [3.8, 4) is 11.5 Å². The van der Waals surface area contributed by atoms with E-state index in [0.29, 0.717) is 23.7 Å². The maximum absolute atomic E-state index is 11.1. The smallest absolute Gasteiger partial charge is 0.278 e. The van der Waals surface area contributed by atoms with Crippen LogP contribution in [0.4, 0.5) is 5.69 Å². The van der Waals surface area contributed by atoms with Crippen molar-refractivity contribution in [1.82, 2.24) is 0 Å². The van der Waals surface area contributed by atoms with E-state index in [0.717, 1.165) is 31.4 Å². The summed E-state index contributed by atoms with van der Waals surface area (Å²) >= 11 is 4.16. The first-order chi connectivity index (χ1) is 10.6. The molecule has 124 valence electrons. The van der Waals surface area contributed by atoms with Gasteiger partial charge in [-0.05, 0) is 24.7 Å². The number of methoxy groups -OCH3 is 2. The SMILES string of the molecule is COc1cc(COCCCCCCS)c([N+](=O)[O-])cc1OC. The molecule has 0 spiro atoms. The number of hydrogen-bond acceptors (Lipinski definition) is 6. The number of rotatable bonds is 11. The Bertz CT molecular complexity index is 481. The van der Waals surface area contributed by atoms with Crippen molar-refractivity contribution >= 4 is 18.3 Å². The highest BCUT2D eigenvalue weighted by atomic mass is 32.1. The highest BCUT2D eigenvalue weighted by Crippen LogP contribution is 2.34. The molecule has 0 atom stereocenters. The molecular formula is C15H23NO5S. The van der Waals surface area contributed by atoms with E-state index >= 15 is 0 Å². The fourth-order valence-corrected chi connectivity index (χ4v) is 2.27. The maximum Gasteiger partial charge on any atom is 0.278 e. The molecule has 6 nitrogen and oxygen atoms in total. The van der Waals surface area contributed by atoms with Crippen molar-refractivity contribution < 1.29 is 19.1 Å². The molecule has 0 N–H and O–H groups in total. The summed E-state index contributed by atoms with van der Waals surface area (Å²) in [7, 11) is 2.94. The third-order valence-electron chi connectivity index (χ3n) is 3.24. The van der Waals surface area contributed by atoms with Gasteiger partial charge in [-0.1, -0.05) is 12.8 Å². The van der Waals surface area contributed by atoms with Crippen LogP contribution < -0.4 is 9.47 Å². The fraction of sp³-hybridized carbons (Fsp3) is 0.600. The van der Waals surface area contributed by atoms with Crippen LogP contribution in [0.5, 0.6) is 11.5 Å². The van der Waals surface area contributed by atoms with Crippen LogP contribution in [-0.2, 0) is 11.3 Å². The molecule has 1 aromatic carbocycles. The molecule has 0 fully saturated rings. The molecule has 0 radical (unpaired) electrons. The molecule has 0 unspecified atom stereocenters. The Kier molecular flexibility index (Phi) is 8.69. The van der Waals surface area contributed by atoms with Gasteiger partial charge in [0.05, 0.1) is 37.4 Å².